The van der Waals surface area contributed by atoms with Gasteiger partial charge in [0.15, 0.2) is 0 Å². The van der Waals surface area contributed by atoms with E-state index in [2.05, 4.69) is 51.4 Å². The zero-order valence-corrected chi connectivity index (χ0v) is 28.5. The van der Waals surface area contributed by atoms with Gasteiger partial charge in [0.05, 0.1) is 35.8 Å². The van der Waals surface area contributed by atoms with Crippen LogP contribution >= 0.6 is 11.8 Å². The van der Waals surface area contributed by atoms with Gasteiger partial charge in [-0.15, -0.1) is 11.8 Å². The Morgan fingerprint density at radius 2 is 1.67 bits per heavy atom. The molecular formula is C37H39N7O4S. The number of amides is 3. The fourth-order valence-corrected chi connectivity index (χ4v) is 6.08. The second-order valence-corrected chi connectivity index (χ2v) is 12.7. The number of rotatable bonds is 11. The van der Waals surface area contributed by atoms with Crippen molar-refractivity contribution in [2.24, 2.45) is 14.1 Å². The summed E-state index contributed by atoms with van der Waals surface area (Å²) in [5, 5.41) is 9.53. The molecule has 0 aliphatic carbocycles. The lowest BCUT2D eigenvalue weighted by Gasteiger charge is -2.26. The Morgan fingerprint density at radius 1 is 0.878 bits per heavy atom. The van der Waals surface area contributed by atoms with Crippen LogP contribution in [0.2, 0.25) is 0 Å². The standard InChI is InChI=1S/C37H39N7O4S/c1-42-16-14-32(34(42)37(47)40-29-23-33(43(2)24-29)36(46)38-15-17-44-18-20-48-21-19-44)41-35(45)27-8-13-31-26(22-27)7-10-28(39-31)9-4-25-5-11-30(49-3)12-6-25/h4-14,16,22-24H,15,17-21H2,1-3H3,(H,38,46)(H,40,47)(H,41,45)/b9-4+. The fourth-order valence-electron chi connectivity index (χ4n) is 5.67. The van der Waals surface area contributed by atoms with Crippen molar-refractivity contribution in [1.29, 1.82) is 0 Å². The van der Waals surface area contributed by atoms with Crippen LogP contribution in [0.25, 0.3) is 23.1 Å². The maximum atomic E-state index is 13.4. The van der Waals surface area contributed by atoms with Crippen molar-refractivity contribution in [2.45, 2.75) is 4.90 Å². The molecule has 3 N–H and O–H groups in total. The highest BCUT2D eigenvalue weighted by atomic mass is 32.2. The highest BCUT2D eigenvalue weighted by molar-refractivity contribution is 7.98. The minimum absolute atomic E-state index is 0.224. The molecule has 0 spiro atoms. The number of ether oxygens (including phenoxy) is 1. The van der Waals surface area contributed by atoms with Crippen LogP contribution in [-0.2, 0) is 18.8 Å². The predicted octanol–water partition coefficient (Wildman–Crippen LogP) is 5.37. The Labute approximate surface area is 289 Å². The summed E-state index contributed by atoms with van der Waals surface area (Å²) in [4.78, 5) is 47.8. The first-order chi connectivity index (χ1) is 23.8. The largest absolute Gasteiger partial charge is 0.379 e. The molecular weight excluding hydrogens is 639 g/mol. The topological polar surface area (TPSA) is 123 Å². The van der Waals surface area contributed by atoms with Gasteiger partial charge in [0.25, 0.3) is 17.7 Å². The average molecular weight is 678 g/mol. The van der Waals surface area contributed by atoms with Crippen LogP contribution < -0.4 is 16.0 Å². The number of thioether (sulfide) groups is 1. The zero-order chi connectivity index (χ0) is 34.3. The summed E-state index contributed by atoms with van der Waals surface area (Å²) in [5.74, 6) is -0.995. The van der Waals surface area contributed by atoms with Gasteiger partial charge in [-0.3, -0.25) is 19.3 Å². The van der Waals surface area contributed by atoms with Crippen LogP contribution in [0.5, 0.6) is 0 Å². The molecule has 3 aromatic heterocycles. The van der Waals surface area contributed by atoms with Gasteiger partial charge in [-0.1, -0.05) is 24.3 Å². The number of hydrogen-bond acceptors (Lipinski definition) is 7. The highest BCUT2D eigenvalue weighted by Crippen LogP contribution is 2.23. The predicted molar refractivity (Wildman–Crippen MR) is 195 cm³/mol. The molecule has 0 radical (unpaired) electrons. The third-order valence-electron chi connectivity index (χ3n) is 8.38. The summed E-state index contributed by atoms with van der Waals surface area (Å²) in [6, 6.07) is 20.8. The molecule has 252 valence electrons. The monoisotopic (exact) mass is 677 g/mol. The first kappa shape index (κ1) is 33.7. The third kappa shape index (κ3) is 8.29. The number of benzene rings is 2. The highest BCUT2D eigenvalue weighted by Gasteiger charge is 2.21. The molecule has 1 fully saturated rings. The van der Waals surface area contributed by atoms with Crippen LogP contribution in [0, 0.1) is 0 Å². The van der Waals surface area contributed by atoms with Gasteiger partial charge >= 0.3 is 0 Å². The number of aryl methyl sites for hydroxylation is 2. The molecule has 2 aromatic carbocycles. The minimum atomic E-state index is -0.420. The smallest absolute Gasteiger partial charge is 0.274 e. The van der Waals surface area contributed by atoms with Crippen LogP contribution in [0.3, 0.4) is 0 Å². The number of nitrogens with zero attached hydrogens (tertiary/aromatic N) is 4. The second-order valence-electron chi connectivity index (χ2n) is 11.8. The number of hydrogen-bond donors (Lipinski definition) is 3. The molecule has 0 saturated carbocycles. The molecule has 6 rings (SSSR count). The number of anilines is 2. The minimum Gasteiger partial charge on any atom is -0.379 e. The van der Waals surface area contributed by atoms with Crippen molar-refractivity contribution >= 4 is 63.9 Å². The van der Waals surface area contributed by atoms with E-state index in [0.29, 0.717) is 42.4 Å². The maximum absolute atomic E-state index is 13.4. The molecule has 12 heteroatoms. The van der Waals surface area contributed by atoms with E-state index in [0.717, 1.165) is 41.8 Å². The number of carbonyl (C=O) groups is 3. The van der Waals surface area contributed by atoms with Crippen molar-refractivity contribution in [2.75, 3.05) is 56.3 Å². The lowest BCUT2D eigenvalue weighted by molar-refractivity contribution is 0.0383. The van der Waals surface area contributed by atoms with E-state index in [1.165, 1.54) is 4.90 Å². The summed E-state index contributed by atoms with van der Waals surface area (Å²) >= 11 is 1.71. The lowest BCUT2D eigenvalue weighted by atomic mass is 10.1. The maximum Gasteiger partial charge on any atom is 0.274 e. The number of carbonyl (C=O) groups excluding carboxylic acids is 3. The van der Waals surface area contributed by atoms with Gasteiger partial charge < -0.3 is 29.8 Å². The summed E-state index contributed by atoms with van der Waals surface area (Å²) in [6.45, 7) is 4.37. The van der Waals surface area contributed by atoms with Gasteiger partial charge in [0.1, 0.15) is 11.4 Å². The molecule has 49 heavy (non-hydrogen) atoms. The van der Waals surface area contributed by atoms with Gasteiger partial charge in [0, 0.05) is 68.5 Å². The lowest BCUT2D eigenvalue weighted by Crippen LogP contribution is -2.41. The van der Waals surface area contributed by atoms with Crippen molar-refractivity contribution in [1.82, 2.24) is 24.3 Å². The van der Waals surface area contributed by atoms with Crippen molar-refractivity contribution in [3.8, 4) is 0 Å². The third-order valence-corrected chi connectivity index (χ3v) is 9.13. The average Bonchev–Trinajstić information content (AvgIpc) is 3.68. The van der Waals surface area contributed by atoms with E-state index < -0.39 is 5.91 Å². The molecule has 11 nitrogen and oxygen atoms in total. The van der Waals surface area contributed by atoms with Gasteiger partial charge in [-0.05, 0) is 66.4 Å². The normalized spacial score (nSPS) is 13.5. The summed E-state index contributed by atoms with van der Waals surface area (Å²) in [5.41, 5.74) is 4.64. The van der Waals surface area contributed by atoms with E-state index in [9.17, 15) is 14.4 Å². The number of aromatic nitrogens is 3. The van der Waals surface area contributed by atoms with Crippen LogP contribution in [0.15, 0.2) is 84.0 Å². The van der Waals surface area contributed by atoms with Crippen LogP contribution in [0.4, 0.5) is 11.4 Å². The van der Waals surface area contributed by atoms with E-state index in [1.54, 1.807) is 71.7 Å². The van der Waals surface area contributed by atoms with Crippen LogP contribution in [-0.4, -0.2) is 82.4 Å². The Kier molecular flexibility index (Phi) is 10.6. The number of nitrogens with one attached hydrogen (secondary N) is 3. The molecule has 1 saturated heterocycles. The van der Waals surface area contributed by atoms with Gasteiger partial charge in [0.2, 0.25) is 0 Å². The van der Waals surface area contributed by atoms with E-state index >= 15 is 0 Å². The zero-order valence-electron chi connectivity index (χ0n) is 27.7. The van der Waals surface area contributed by atoms with Gasteiger partial charge in [-0.2, -0.15) is 0 Å². The van der Waals surface area contributed by atoms with E-state index in [4.69, 9.17) is 9.72 Å². The first-order valence-corrected chi connectivity index (χ1v) is 17.3. The number of morpholine rings is 1. The summed E-state index contributed by atoms with van der Waals surface area (Å²) < 4.78 is 8.69. The van der Waals surface area contributed by atoms with E-state index in [-0.39, 0.29) is 17.5 Å². The van der Waals surface area contributed by atoms with Crippen molar-refractivity contribution in [3.05, 3.63) is 107 Å². The molecule has 0 atom stereocenters. The number of pyridine rings is 1. The molecule has 5 aromatic rings. The summed E-state index contributed by atoms with van der Waals surface area (Å²) in [6.07, 6.45) is 9.44. The Hall–Kier alpha value is -5.17. The van der Waals surface area contributed by atoms with Crippen LogP contribution in [0.1, 0.15) is 42.6 Å². The summed E-state index contributed by atoms with van der Waals surface area (Å²) in [7, 11) is 3.49. The molecule has 1 aliphatic rings. The molecule has 0 bridgehead atoms. The fraction of sp³-hybridized carbons (Fsp3) is 0.243. The quantitative estimate of drug-likeness (QED) is 0.161. The molecule has 1 aliphatic heterocycles. The first-order valence-electron chi connectivity index (χ1n) is 16.0. The Balaban J connectivity index is 1.08. The molecule has 4 heterocycles. The second kappa shape index (κ2) is 15.4. The molecule has 3 amide bonds. The molecule has 0 unspecified atom stereocenters. The number of fused-ring (bicyclic) bond motifs is 1. The van der Waals surface area contributed by atoms with E-state index in [1.807, 2.05) is 30.4 Å². The Morgan fingerprint density at radius 3 is 2.45 bits per heavy atom. The van der Waals surface area contributed by atoms with Crippen molar-refractivity contribution in [3.63, 3.8) is 0 Å². The SMILES string of the molecule is CSc1ccc(/C=C/c2ccc3cc(C(=O)Nc4ccn(C)c4C(=O)Nc4cc(C(=O)NCCN5CCOCC5)n(C)c4)ccc3n2)cc1. The van der Waals surface area contributed by atoms with Gasteiger partial charge in [-0.25, -0.2) is 4.98 Å². The van der Waals surface area contributed by atoms with Crippen molar-refractivity contribution < 1.29 is 19.1 Å². The Bertz CT molecular complexity index is 2010.